The molecule has 0 radical (unpaired) electrons. The van der Waals surface area contributed by atoms with Crippen molar-refractivity contribution in [1.29, 1.82) is 0 Å². The summed E-state index contributed by atoms with van der Waals surface area (Å²) in [6.07, 6.45) is 0.355. The number of carbonyl (C=O) groups is 3. The Morgan fingerprint density at radius 1 is 1.08 bits per heavy atom. The summed E-state index contributed by atoms with van der Waals surface area (Å²) in [6.45, 7) is 1.26. The number of Topliss-reactive ketones (excluding diaryl/α,β-unsaturated/α-hetero) is 1. The minimum Gasteiger partial charge on any atom is -0.504 e. The van der Waals surface area contributed by atoms with E-state index in [-0.39, 0.29) is 23.0 Å². The lowest BCUT2D eigenvalue weighted by Gasteiger charge is -2.09. The minimum atomic E-state index is -0.832. The van der Waals surface area contributed by atoms with Crippen molar-refractivity contribution in [3.8, 4) is 11.5 Å². The Hall–Kier alpha value is -3.35. The van der Waals surface area contributed by atoms with Crippen molar-refractivity contribution < 1.29 is 29.0 Å². The summed E-state index contributed by atoms with van der Waals surface area (Å²) in [5.41, 5.74) is 0.823. The molecule has 0 aliphatic carbocycles. The maximum Gasteiger partial charge on any atom is 0.342 e. The molecule has 2 aromatic rings. The quantitative estimate of drug-likeness (QED) is 0.584. The topological polar surface area (TPSA) is 102 Å². The van der Waals surface area contributed by atoms with E-state index in [9.17, 15) is 19.5 Å². The normalized spacial score (nSPS) is 10.1. The summed E-state index contributed by atoms with van der Waals surface area (Å²) < 4.78 is 9.89. The summed E-state index contributed by atoms with van der Waals surface area (Å²) in [7, 11) is 1.36. The first kappa shape index (κ1) is 19.0. The van der Waals surface area contributed by atoms with Crippen LogP contribution in [0.5, 0.6) is 11.5 Å². The van der Waals surface area contributed by atoms with Crippen LogP contribution in [-0.2, 0) is 9.53 Å². The fourth-order valence-corrected chi connectivity index (χ4v) is 2.13. The van der Waals surface area contributed by atoms with Gasteiger partial charge in [0, 0.05) is 17.7 Å². The highest BCUT2D eigenvalue weighted by atomic mass is 16.5. The number of benzene rings is 2. The highest BCUT2D eigenvalue weighted by Crippen LogP contribution is 2.29. The number of ketones is 1. The molecule has 0 fully saturated rings. The van der Waals surface area contributed by atoms with Crippen LogP contribution in [0.3, 0.4) is 0 Å². The molecule has 0 saturated carbocycles. The number of hydrogen-bond acceptors (Lipinski definition) is 6. The zero-order valence-electron chi connectivity index (χ0n) is 14.4. The fourth-order valence-electron chi connectivity index (χ4n) is 2.13. The molecular weight excluding hydrogens is 338 g/mol. The zero-order chi connectivity index (χ0) is 19.1. The molecule has 0 atom stereocenters. The van der Waals surface area contributed by atoms with Crippen LogP contribution in [0.15, 0.2) is 42.5 Å². The molecule has 7 heteroatoms. The number of para-hydroxylation sites is 1. The fraction of sp³-hybridized carbons (Fsp3) is 0.211. The second kappa shape index (κ2) is 8.66. The summed E-state index contributed by atoms with van der Waals surface area (Å²) in [4.78, 5) is 35.5. The van der Waals surface area contributed by atoms with E-state index in [4.69, 9.17) is 9.47 Å². The third kappa shape index (κ3) is 4.60. The molecule has 0 bridgehead atoms. The van der Waals surface area contributed by atoms with Gasteiger partial charge in [0.05, 0.1) is 7.11 Å². The number of hydrogen-bond donors (Lipinski definition) is 2. The number of phenols is 1. The van der Waals surface area contributed by atoms with Crippen LogP contribution in [0, 0.1) is 0 Å². The van der Waals surface area contributed by atoms with Crippen LogP contribution in [0.2, 0.25) is 0 Å². The summed E-state index contributed by atoms with van der Waals surface area (Å²) >= 11 is 0. The SMILES string of the molecule is CCC(=O)Nc1ccc(C(=O)COC(=O)c2cccc(OC)c2O)cc1. The number of esters is 1. The number of phenolic OH excluding ortho intramolecular Hbond substituents is 1. The van der Waals surface area contributed by atoms with Gasteiger partial charge in [-0.1, -0.05) is 13.0 Å². The van der Waals surface area contributed by atoms with Crippen LogP contribution in [0.1, 0.15) is 34.1 Å². The Bertz CT molecular complexity index is 813. The molecule has 0 saturated heterocycles. The average molecular weight is 357 g/mol. The maximum absolute atomic E-state index is 12.1. The second-order valence-corrected chi connectivity index (χ2v) is 5.33. The molecule has 26 heavy (non-hydrogen) atoms. The number of nitrogens with one attached hydrogen (secondary N) is 1. The van der Waals surface area contributed by atoms with Gasteiger partial charge in [-0.3, -0.25) is 9.59 Å². The molecule has 0 spiro atoms. The predicted molar refractivity (Wildman–Crippen MR) is 94.6 cm³/mol. The van der Waals surface area contributed by atoms with Gasteiger partial charge in [-0.05, 0) is 36.4 Å². The van der Waals surface area contributed by atoms with Crippen molar-refractivity contribution >= 4 is 23.3 Å². The zero-order valence-corrected chi connectivity index (χ0v) is 14.4. The Balaban J connectivity index is 1.98. The van der Waals surface area contributed by atoms with Gasteiger partial charge in [0.25, 0.3) is 0 Å². The van der Waals surface area contributed by atoms with Crippen molar-refractivity contribution in [3.05, 3.63) is 53.6 Å². The smallest absolute Gasteiger partial charge is 0.342 e. The molecule has 0 aliphatic heterocycles. The van der Waals surface area contributed by atoms with E-state index in [1.807, 2.05) is 0 Å². The number of aromatic hydroxyl groups is 1. The van der Waals surface area contributed by atoms with Crippen molar-refractivity contribution in [2.75, 3.05) is 19.0 Å². The molecule has 0 unspecified atom stereocenters. The molecule has 2 aromatic carbocycles. The van der Waals surface area contributed by atoms with Crippen molar-refractivity contribution in [2.24, 2.45) is 0 Å². The van der Waals surface area contributed by atoms with Crippen molar-refractivity contribution in [3.63, 3.8) is 0 Å². The minimum absolute atomic E-state index is 0.0882. The van der Waals surface area contributed by atoms with Crippen LogP contribution < -0.4 is 10.1 Å². The van der Waals surface area contributed by atoms with E-state index in [2.05, 4.69) is 5.32 Å². The molecule has 0 aromatic heterocycles. The first-order valence-corrected chi connectivity index (χ1v) is 7.92. The summed E-state index contributed by atoms with van der Waals surface area (Å²) in [5.74, 6) is -1.58. The van der Waals surface area contributed by atoms with Crippen LogP contribution in [0.4, 0.5) is 5.69 Å². The van der Waals surface area contributed by atoms with Crippen LogP contribution >= 0.6 is 0 Å². The molecule has 2 rings (SSSR count). The van der Waals surface area contributed by atoms with Gasteiger partial charge in [0.1, 0.15) is 5.56 Å². The van der Waals surface area contributed by atoms with Crippen molar-refractivity contribution in [1.82, 2.24) is 0 Å². The van der Waals surface area contributed by atoms with Crippen LogP contribution in [0.25, 0.3) is 0 Å². The number of rotatable bonds is 7. The molecule has 7 nitrogen and oxygen atoms in total. The maximum atomic E-state index is 12.1. The van der Waals surface area contributed by atoms with Gasteiger partial charge in [-0.15, -0.1) is 0 Å². The predicted octanol–water partition coefficient (Wildman–Crippen LogP) is 2.79. The first-order valence-electron chi connectivity index (χ1n) is 7.92. The number of ether oxygens (including phenoxy) is 2. The van der Waals surface area contributed by atoms with Gasteiger partial charge in [0.15, 0.2) is 23.9 Å². The average Bonchev–Trinajstić information content (AvgIpc) is 2.66. The molecule has 0 aliphatic rings. The Morgan fingerprint density at radius 2 is 1.77 bits per heavy atom. The number of methoxy groups -OCH3 is 1. The largest absolute Gasteiger partial charge is 0.504 e. The lowest BCUT2D eigenvalue weighted by Crippen LogP contribution is -2.15. The van der Waals surface area contributed by atoms with Crippen molar-refractivity contribution in [2.45, 2.75) is 13.3 Å². The number of carbonyl (C=O) groups excluding carboxylic acids is 3. The van der Waals surface area contributed by atoms with Gasteiger partial charge in [-0.2, -0.15) is 0 Å². The summed E-state index contributed by atoms with van der Waals surface area (Å²) in [5, 5.41) is 12.6. The highest BCUT2D eigenvalue weighted by molar-refractivity contribution is 6.00. The van der Waals surface area contributed by atoms with E-state index >= 15 is 0 Å². The Kier molecular flexibility index (Phi) is 6.32. The van der Waals surface area contributed by atoms with E-state index in [0.717, 1.165) is 0 Å². The monoisotopic (exact) mass is 357 g/mol. The molecule has 2 N–H and O–H groups in total. The lowest BCUT2D eigenvalue weighted by atomic mass is 10.1. The van der Waals surface area contributed by atoms with Gasteiger partial charge in [-0.25, -0.2) is 4.79 Å². The Morgan fingerprint density at radius 3 is 2.38 bits per heavy atom. The van der Waals surface area contributed by atoms with E-state index in [1.165, 1.54) is 37.4 Å². The van der Waals surface area contributed by atoms with E-state index in [0.29, 0.717) is 17.7 Å². The summed E-state index contributed by atoms with van der Waals surface area (Å²) in [6, 6.07) is 10.6. The molecule has 1 amide bonds. The van der Waals surface area contributed by atoms with E-state index < -0.39 is 18.4 Å². The standard InChI is InChI=1S/C19H19NO6/c1-3-17(22)20-13-9-7-12(8-10-13)15(21)11-26-19(24)14-5-4-6-16(25-2)18(14)23/h4-10,23H,3,11H2,1-2H3,(H,20,22). The third-order valence-electron chi connectivity index (χ3n) is 3.58. The first-order chi connectivity index (χ1) is 12.5. The molecule has 136 valence electrons. The second-order valence-electron chi connectivity index (χ2n) is 5.33. The number of anilines is 1. The van der Waals surface area contributed by atoms with Gasteiger partial charge < -0.3 is 19.9 Å². The molecule has 0 heterocycles. The number of amides is 1. The van der Waals surface area contributed by atoms with Gasteiger partial charge in [0.2, 0.25) is 5.91 Å². The van der Waals surface area contributed by atoms with Gasteiger partial charge >= 0.3 is 5.97 Å². The lowest BCUT2D eigenvalue weighted by molar-refractivity contribution is -0.115. The highest BCUT2D eigenvalue weighted by Gasteiger charge is 2.17. The van der Waals surface area contributed by atoms with E-state index in [1.54, 1.807) is 19.1 Å². The molecular formula is C19H19NO6. The Labute approximate surface area is 150 Å². The van der Waals surface area contributed by atoms with Crippen LogP contribution in [-0.4, -0.2) is 36.5 Å². The third-order valence-corrected chi connectivity index (χ3v) is 3.58.